The summed E-state index contributed by atoms with van der Waals surface area (Å²) in [5, 5.41) is 0. The van der Waals surface area contributed by atoms with Gasteiger partial charge < -0.3 is 10.5 Å². The van der Waals surface area contributed by atoms with Crippen LogP contribution in [0.5, 0.6) is 5.75 Å². The maximum Gasteiger partial charge on any atom is 0.387 e. The molecular weight excluding hydrogens is 244 g/mol. The van der Waals surface area contributed by atoms with Crippen molar-refractivity contribution in [1.82, 2.24) is 0 Å². The van der Waals surface area contributed by atoms with E-state index in [4.69, 9.17) is 5.73 Å². The van der Waals surface area contributed by atoms with Crippen molar-refractivity contribution in [3.05, 3.63) is 29.8 Å². The van der Waals surface area contributed by atoms with Crippen molar-refractivity contribution >= 4 is 11.8 Å². The lowest BCUT2D eigenvalue weighted by atomic mass is 10.2. The third-order valence-corrected chi connectivity index (χ3v) is 3.48. The molecule has 96 valence electrons. The van der Waals surface area contributed by atoms with E-state index < -0.39 is 6.61 Å². The highest BCUT2D eigenvalue weighted by atomic mass is 32.2. The van der Waals surface area contributed by atoms with E-state index in [2.05, 4.69) is 4.74 Å². The first kappa shape index (κ1) is 14.3. The predicted molar refractivity (Wildman–Crippen MR) is 67.5 cm³/mol. The minimum atomic E-state index is -2.78. The van der Waals surface area contributed by atoms with Gasteiger partial charge in [0.1, 0.15) is 5.75 Å². The lowest BCUT2D eigenvalue weighted by Crippen LogP contribution is -2.21. The van der Waals surface area contributed by atoms with Crippen molar-refractivity contribution in [1.29, 1.82) is 0 Å². The predicted octanol–water partition coefficient (Wildman–Crippen LogP) is 3.26. The first-order valence-corrected chi connectivity index (χ1v) is 6.65. The SMILES string of the molecule is CCC(N)CSCc1ccccc1OC(F)F. The standard InChI is InChI=1S/C12H17F2NOS/c1-2-10(15)8-17-7-9-5-3-4-6-11(9)16-12(13)14/h3-6,10,12H,2,7-8,15H2,1H3. The van der Waals surface area contributed by atoms with E-state index in [-0.39, 0.29) is 11.8 Å². The number of benzene rings is 1. The smallest absolute Gasteiger partial charge is 0.387 e. The number of alkyl halides is 2. The van der Waals surface area contributed by atoms with Crippen molar-refractivity contribution in [3.8, 4) is 5.75 Å². The summed E-state index contributed by atoms with van der Waals surface area (Å²) in [5.74, 6) is 1.70. The Kier molecular flexibility index (Phi) is 6.29. The molecule has 1 unspecified atom stereocenters. The van der Waals surface area contributed by atoms with Gasteiger partial charge in [0, 0.05) is 23.1 Å². The summed E-state index contributed by atoms with van der Waals surface area (Å²) in [6.45, 7) is -0.752. The van der Waals surface area contributed by atoms with Crippen molar-refractivity contribution in [2.45, 2.75) is 31.8 Å². The van der Waals surface area contributed by atoms with Gasteiger partial charge in [-0.2, -0.15) is 20.5 Å². The van der Waals surface area contributed by atoms with Crippen LogP contribution in [0, 0.1) is 0 Å². The van der Waals surface area contributed by atoms with E-state index in [9.17, 15) is 8.78 Å². The molecule has 0 saturated heterocycles. The molecule has 0 amide bonds. The van der Waals surface area contributed by atoms with Gasteiger partial charge in [-0.1, -0.05) is 25.1 Å². The number of para-hydroxylation sites is 1. The molecule has 0 saturated carbocycles. The molecule has 0 fully saturated rings. The number of ether oxygens (including phenoxy) is 1. The molecule has 1 aromatic carbocycles. The fraction of sp³-hybridized carbons (Fsp3) is 0.500. The summed E-state index contributed by atoms with van der Waals surface area (Å²) < 4.78 is 28.8. The fourth-order valence-electron chi connectivity index (χ4n) is 1.27. The molecule has 0 aliphatic rings. The Balaban J connectivity index is 2.51. The molecule has 5 heteroatoms. The molecule has 1 rings (SSSR count). The third kappa shape index (κ3) is 5.37. The van der Waals surface area contributed by atoms with Gasteiger partial charge >= 0.3 is 6.61 Å². The van der Waals surface area contributed by atoms with Crippen molar-refractivity contribution < 1.29 is 13.5 Å². The van der Waals surface area contributed by atoms with Crippen molar-refractivity contribution in [2.24, 2.45) is 5.73 Å². The Labute approximate surface area is 105 Å². The molecular formula is C12H17F2NOS. The maximum absolute atomic E-state index is 12.2. The average Bonchev–Trinajstić information content (AvgIpc) is 2.30. The monoisotopic (exact) mass is 261 g/mol. The number of rotatable bonds is 7. The van der Waals surface area contributed by atoms with Crippen LogP contribution in [0.25, 0.3) is 0 Å². The number of hydrogen-bond acceptors (Lipinski definition) is 3. The zero-order chi connectivity index (χ0) is 12.7. The van der Waals surface area contributed by atoms with Crippen LogP contribution < -0.4 is 10.5 Å². The van der Waals surface area contributed by atoms with Gasteiger partial charge in [0.25, 0.3) is 0 Å². The number of halogens is 2. The van der Waals surface area contributed by atoms with Crippen LogP contribution in [0.1, 0.15) is 18.9 Å². The van der Waals surface area contributed by atoms with Crippen LogP contribution >= 0.6 is 11.8 Å². The van der Waals surface area contributed by atoms with E-state index in [1.807, 2.05) is 13.0 Å². The van der Waals surface area contributed by atoms with Crippen LogP contribution in [-0.2, 0) is 5.75 Å². The largest absolute Gasteiger partial charge is 0.435 e. The highest BCUT2D eigenvalue weighted by molar-refractivity contribution is 7.98. The van der Waals surface area contributed by atoms with Crippen LogP contribution in [0.4, 0.5) is 8.78 Å². The highest BCUT2D eigenvalue weighted by Gasteiger charge is 2.09. The van der Waals surface area contributed by atoms with E-state index in [1.165, 1.54) is 0 Å². The zero-order valence-corrected chi connectivity index (χ0v) is 10.6. The summed E-state index contributed by atoms with van der Waals surface area (Å²) >= 11 is 1.63. The molecule has 0 aliphatic carbocycles. The molecule has 2 N–H and O–H groups in total. The normalized spacial score (nSPS) is 12.8. The Bertz CT molecular complexity index is 336. The quantitative estimate of drug-likeness (QED) is 0.818. The van der Waals surface area contributed by atoms with Gasteiger partial charge in [-0.05, 0) is 12.5 Å². The summed E-state index contributed by atoms with van der Waals surface area (Å²) in [4.78, 5) is 0. The average molecular weight is 261 g/mol. The van der Waals surface area contributed by atoms with Crippen molar-refractivity contribution in [2.75, 3.05) is 5.75 Å². The first-order valence-electron chi connectivity index (χ1n) is 5.49. The van der Waals surface area contributed by atoms with Gasteiger partial charge in [-0.25, -0.2) is 0 Å². The van der Waals surface area contributed by atoms with E-state index in [0.29, 0.717) is 5.75 Å². The topological polar surface area (TPSA) is 35.2 Å². The fourth-order valence-corrected chi connectivity index (χ4v) is 2.39. The lowest BCUT2D eigenvalue weighted by molar-refractivity contribution is -0.0503. The number of nitrogens with two attached hydrogens (primary N) is 1. The van der Waals surface area contributed by atoms with Crippen LogP contribution in [0.15, 0.2) is 24.3 Å². The molecule has 1 atom stereocenters. The van der Waals surface area contributed by atoms with Crippen LogP contribution in [0.3, 0.4) is 0 Å². The molecule has 0 bridgehead atoms. The van der Waals surface area contributed by atoms with Crippen molar-refractivity contribution in [3.63, 3.8) is 0 Å². The Morgan fingerprint density at radius 1 is 1.35 bits per heavy atom. The Morgan fingerprint density at radius 2 is 2.06 bits per heavy atom. The number of hydrogen-bond donors (Lipinski definition) is 1. The second kappa shape index (κ2) is 7.50. The first-order chi connectivity index (χ1) is 8.13. The lowest BCUT2D eigenvalue weighted by Gasteiger charge is -2.11. The molecule has 0 aromatic heterocycles. The minimum absolute atomic E-state index is 0.156. The molecule has 0 radical (unpaired) electrons. The molecule has 0 heterocycles. The maximum atomic E-state index is 12.2. The van der Waals surface area contributed by atoms with E-state index in [1.54, 1.807) is 30.0 Å². The Hall–Kier alpha value is -0.810. The second-order valence-electron chi connectivity index (χ2n) is 3.67. The van der Waals surface area contributed by atoms with Gasteiger partial charge in [-0.3, -0.25) is 0 Å². The highest BCUT2D eigenvalue weighted by Crippen LogP contribution is 2.24. The van der Waals surface area contributed by atoms with Gasteiger partial charge in [0.15, 0.2) is 0 Å². The van der Waals surface area contributed by atoms with Gasteiger partial charge in [0.2, 0.25) is 0 Å². The summed E-state index contributed by atoms with van der Waals surface area (Å²) in [6.07, 6.45) is 0.919. The Morgan fingerprint density at radius 3 is 2.71 bits per heavy atom. The van der Waals surface area contributed by atoms with Crippen LogP contribution in [0.2, 0.25) is 0 Å². The zero-order valence-electron chi connectivity index (χ0n) is 9.74. The van der Waals surface area contributed by atoms with E-state index in [0.717, 1.165) is 17.7 Å². The minimum Gasteiger partial charge on any atom is -0.435 e. The molecule has 0 aliphatic heterocycles. The molecule has 1 aromatic rings. The number of thioether (sulfide) groups is 1. The molecule has 2 nitrogen and oxygen atoms in total. The summed E-state index contributed by atoms with van der Waals surface area (Å²) in [5.41, 5.74) is 6.56. The van der Waals surface area contributed by atoms with Gasteiger partial charge in [-0.15, -0.1) is 0 Å². The van der Waals surface area contributed by atoms with Gasteiger partial charge in [0.05, 0.1) is 0 Å². The molecule has 17 heavy (non-hydrogen) atoms. The molecule has 0 spiro atoms. The summed E-state index contributed by atoms with van der Waals surface area (Å²) in [7, 11) is 0. The van der Waals surface area contributed by atoms with E-state index >= 15 is 0 Å². The van der Waals surface area contributed by atoms with Crippen LogP contribution in [-0.4, -0.2) is 18.4 Å². The second-order valence-corrected chi connectivity index (χ2v) is 4.70. The third-order valence-electron chi connectivity index (χ3n) is 2.30. The summed E-state index contributed by atoms with van der Waals surface area (Å²) in [6, 6.07) is 7.00.